The first-order valence-electron chi connectivity index (χ1n) is 11.2. The van der Waals surface area contributed by atoms with Crippen LogP contribution < -0.4 is 0 Å². The van der Waals surface area contributed by atoms with Gasteiger partial charge in [0, 0.05) is 5.92 Å². The Morgan fingerprint density at radius 3 is 2.44 bits per heavy atom. The molecule has 1 saturated heterocycles. The van der Waals surface area contributed by atoms with Crippen molar-refractivity contribution in [3.8, 4) is 0 Å². The second-order valence-corrected chi connectivity index (χ2v) is 10.8. The second-order valence-electron chi connectivity index (χ2n) is 10.8. The lowest BCUT2D eigenvalue weighted by molar-refractivity contribution is -0.137. The second kappa shape index (κ2) is 5.73. The molecule has 0 bridgehead atoms. The van der Waals surface area contributed by atoms with Gasteiger partial charge in [-0.3, -0.25) is 4.79 Å². The Kier molecular flexibility index (Phi) is 3.81. The number of carbonyl (C=O) groups is 1. The van der Waals surface area contributed by atoms with Crippen LogP contribution in [0.25, 0.3) is 0 Å². The summed E-state index contributed by atoms with van der Waals surface area (Å²) in [5.74, 6) is 5.21. The van der Waals surface area contributed by atoms with Crippen LogP contribution in [0.2, 0.25) is 0 Å². The van der Waals surface area contributed by atoms with Gasteiger partial charge in [0.05, 0.1) is 13.0 Å². The molecule has 140 valence electrons. The third kappa shape index (κ3) is 2.31. The van der Waals surface area contributed by atoms with Crippen LogP contribution in [0, 0.1) is 46.3 Å². The lowest BCUT2D eigenvalue weighted by Crippen LogP contribution is -2.53. The van der Waals surface area contributed by atoms with E-state index in [1.807, 2.05) is 0 Å². The third-order valence-electron chi connectivity index (χ3n) is 10.1. The van der Waals surface area contributed by atoms with Gasteiger partial charge in [-0.05, 0) is 91.8 Å². The molecule has 1 aliphatic heterocycles. The molecule has 0 spiro atoms. The molecule has 4 saturated carbocycles. The summed E-state index contributed by atoms with van der Waals surface area (Å²) in [6, 6.07) is 0. The molecule has 0 aromatic heterocycles. The van der Waals surface area contributed by atoms with Crippen molar-refractivity contribution in [2.45, 2.75) is 84.5 Å². The molecule has 4 aliphatic carbocycles. The van der Waals surface area contributed by atoms with E-state index in [4.69, 9.17) is 4.74 Å². The zero-order valence-corrected chi connectivity index (χ0v) is 16.3. The van der Waals surface area contributed by atoms with Crippen molar-refractivity contribution in [1.82, 2.24) is 0 Å². The van der Waals surface area contributed by atoms with Crippen LogP contribution in [0.1, 0.15) is 84.5 Å². The van der Waals surface area contributed by atoms with Gasteiger partial charge in [-0.2, -0.15) is 0 Å². The number of rotatable bonds is 1. The minimum absolute atomic E-state index is 0.0564. The summed E-state index contributed by atoms with van der Waals surface area (Å²) in [5, 5.41) is 0. The lowest BCUT2D eigenvalue weighted by atomic mass is 9.44. The third-order valence-corrected chi connectivity index (χ3v) is 10.1. The van der Waals surface area contributed by atoms with E-state index in [9.17, 15) is 4.79 Å². The standard InChI is InChI=1S/C23H36O2/c1-22-11-4-3-5-16(22)6-7-17-19-9-8-18(15-13-21(24)25-14-15)23(19,2)12-10-20(17)22/h15-20H,3-14H2,1-2H3/t15?,16-,17-,18+,19+,20-,22-,23+/m0/s1. The van der Waals surface area contributed by atoms with E-state index in [2.05, 4.69) is 13.8 Å². The average Bonchev–Trinajstić information content (AvgIpc) is 3.16. The number of fused-ring (bicyclic) bond motifs is 5. The van der Waals surface area contributed by atoms with E-state index in [-0.39, 0.29) is 5.97 Å². The zero-order valence-electron chi connectivity index (χ0n) is 16.3. The van der Waals surface area contributed by atoms with Crippen LogP contribution in [-0.2, 0) is 9.53 Å². The number of hydrogen-bond donors (Lipinski definition) is 0. The molecule has 0 aromatic rings. The lowest BCUT2D eigenvalue weighted by Gasteiger charge is -2.60. The largest absolute Gasteiger partial charge is 0.465 e. The highest BCUT2D eigenvalue weighted by molar-refractivity contribution is 5.71. The highest BCUT2D eigenvalue weighted by Crippen LogP contribution is 2.68. The van der Waals surface area contributed by atoms with Crippen LogP contribution in [0.3, 0.4) is 0 Å². The van der Waals surface area contributed by atoms with Crippen molar-refractivity contribution in [1.29, 1.82) is 0 Å². The Hall–Kier alpha value is -0.530. The molecular formula is C23H36O2. The first-order chi connectivity index (χ1) is 12.0. The fraction of sp³-hybridized carbons (Fsp3) is 0.957. The molecule has 25 heavy (non-hydrogen) atoms. The first-order valence-corrected chi connectivity index (χ1v) is 11.2. The van der Waals surface area contributed by atoms with Crippen molar-refractivity contribution in [2.75, 3.05) is 6.61 Å². The summed E-state index contributed by atoms with van der Waals surface area (Å²) >= 11 is 0. The van der Waals surface area contributed by atoms with Gasteiger partial charge in [0.25, 0.3) is 0 Å². The van der Waals surface area contributed by atoms with Crippen molar-refractivity contribution in [3.05, 3.63) is 0 Å². The van der Waals surface area contributed by atoms with Crippen LogP contribution in [0.15, 0.2) is 0 Å². The molecule has 8 atom stereocenters. The summed E-state index contributed by atoms with van der Waals surface area (Å²) in [5.41, 5.74) is 1.13. The van der Waals surface area contributed by atoms with Gasteiger partial charge in [-0.1, -0.05) is 26.7 Å². The normalized spacial score (nSPS) is 55.2. The summed E-state index contributed by atoms with van der Waals surface area (Å²) in [7, 11) is 0. The Balaban J connectivity index is 1.40. The molecule has 0 N–H and O–H groups in total. The molecule has 5 aliphatic rings. The molecule has 0 aromatic carbocycles. The molecule has 5 fully saturated rings. The average molecular weight is 345 g/mol. The molecular weight excluding hydrogens is 308 g/mol. The maximum absolute atomic E-state index is 11.7. The Labute approximate surface area is 153 Å². The van der Waals surface area contributed by atoms with Crippen LogP contribution in [-0.4, -0.2) is 12.6 Å². The topological polar surface area (TPSA) is 26.3 Å². The summed E-state index contributed by atoms with van der Waals surface area (Å²) in [6.45, 7) is 5.98. The van der Waals surface area contributed by atoms with Gasteiger partial charge in [0.1, 0.15) is 0 Å². The van der Waals surface area contributed by atoms with Gasteiger partial charge in [0.15, 0.2) is 0 Å². The van der Waals surface area contributed by atoms with Gasteiger partial charge in [-0.25, -0.2) is 0 Å². The van der Waals surface area contributed by atoms with Gasteiger partial charge in [-0.15, -0.1) is 0 Å². The van der Waals surface area contributed by atoms with Crippen molar-refractivity contribution >= 4 is 5.97 Å². The molecule has 1 heterocycles. The zero-order chi connectivity index (χ0) is 17.2. The van der Waals surface area contributed by atoms with Gasteiger partial charge < -0.3 is 4.74 Å². The van der Waals surface area contributed by atoms with E-state index in [1.165, 1.54) is 64.2 Å². The van der Waals surface area contributed by atoms with Crippen LogP contribution in [0.4, 0.5) is 0 Å². The van der Waals surface area contributed by atoms with E-state index in [0.29, 0.717) is 29.8 Å². The monoisotopic (exact) mass is 344 g/mol. The highest BCUT2D eigenvalue weighted by Gasteiger charge is 2.60. The number of carbonyl (C=O) groups excluding carboxylic acids is 1. The van der Waals surface area contributed by atoms with Crippen molar-refractivity contribution < 1.29 is 9.53 Å². The number of ether oxygens (including phenoxy) is 1. The fourth-order valence-electron chi connectivity index (χ4n) is 8.90. The van der Waals surface area contributed by atoms with Crippen LogP contribution in [0.5, 0.6) is 0 Å². The number of hydrogen-bond acceptors (Lipinski definition) is 2. The smallest absolute Gasteiger partial charge is 0.306 e. The summed E-state index contributed by atoms with van der Waals surface area (Å²) in [4.78, 5) is 11.7. The first kappa shape index (κ1) is 16.6. The number of cyclic esters (lactones) is 1. The Bertz CT molecular complexity index is 556. The van der Waals surface area contributed by atoms with Gasteiger partial charge >= 0.3 is 5.97 Å². The predicted octanol–water partition coefficient (Wildman–Crippen LogP) is 5.60. The van der Waals surface area contributed by atoms with Crippen LogP contribution >= 0.6 is 0 Å². The molecule has 5 rings (SSSR count). The SMILES string of the molecule is C[C@]12CCCC[C@H]1CC[C@H]1[C@H]3CC[C@H](C4COC(=O)C4)[C@@]3(C)CC[C@@H]12. The molecule has 2 heteroatoms. The molecule has 0 radical (unpaired) electrons. The molecule has 0 amide bonds. The molecule has 1 unspecified atom stereocenters. The van der Waals surface area contributed by atoms with E-state index < -0.39 is 0 Å². The van der Waals surface area contributed by atoms with Crippen molar-refractivity contribution in [3.63, 3.8) is 0 Å². The minimum Gasteiger partial charge on any atom is -0.465 e. The highest BCUT2D eigenvalue weighted by atomic mass is 16.5. The Morgan fingerprint density at radius 2 is 1.64 bits per heavy atom. The summed E-state index contributed by atoms with van der Waals surface area (Å²) in [6.07, 6.45) is 15.3. The van der Waals surface area contributed by atoms with E-state index in [0.717, 1.165) is 29.6 Å². The predicted molar refractivity (Wildman–Crippen MR) is 98.9 cm³/mol. The van der Waals surface area contributed by atoms with E-state index >= 15 is 0 Å². The Morgan fingerprint density at radius 1 is 0.840 bits per heavy atom. The maximum atomic E-state index is 11.7. The fourth-order valence-corrected chi connectivity index (χ4v) is 8.90. The summed E-state index contributed by atoms with van der Waals surface area (Å²) < 4.78 is 5.36. The van der Waals surface area contributed by atoms with Crippen molar-refractivity contribution in [2.24, 2.45) is 46.3 Å². The minimum atomic E-state index is 0.0564. The van der Waals surface area contributed by atoms with E-state index in [1.54, 1.807) is 0 Å². The van der Waals surface area contributed by atoms with Gasteiger partial charge in [0.2, 0.25) is 0 Å². The number of esters is 1. The quantitative estimate of drug-likeness (QED) is 0.579. The molecule has 2 nitrogen and oxygen atoms in total. The maximum Gasteiger partial charge on any atom is 0.306 e.